The van der Waals surface area contributed by atoms with Crippen LogP contribution in [0.25, 0.3) is 10.7 Å². The molecule has 3 rings (SSSR count). The summed E-state index contributed by atoms with van der Waals surface area (Å²) in [6.07, 6.45) is 4.86. The number of halogens is 1. The number of nitrogens with one attached hydrogen (secondary N) is 1. The van der Waals surface area contributed by atoms with Crippen LogP contribution in [-0.2, 0) is 0 Å². The molecular formula is C14H18BrN3OS. The predicted octanol–water partition coefficient (Wildman–Crippen LogP) is 4.20. The highest BCUT2D eigenvalue weighted by Crippen LogP contribution is 2.34. The van der Waals surface area contributed by atoms with Gasteiger partial charge in [0.1, 0.15) is 0 Å². The van der Waals surface area contributed by atoms with E-state index < -0.39 is 0 Å². The lowest BCUT2D eigenvalue weighted by molar-refractivity contribution is 0.265. The lowest BCUT2D eigenvalue weighted by Crippen LogP contribution is -2.37. The highest BCUT2D eigenvalue weighted by atomic mass is 79.9. The van der Waals surface area contributed by atoms with E-state index in [9.17, 15) is 0 Å². The lowest BCUT2D eigenvalue weighted by Gasteiger charge is -2.29. The van der Waals surface area contributed by atoms with E-state index in [-0.39, 0.29) is 0 Å². The molecule has 6 heteroatoms. The summed E-state index contributed by atoms with van der Waals surface area (Å²) in [6.45, 7) is 3.13. The van der Waals surface area contributed by atoms with Crippen molar-refractivity contribution in [2.45, 2.75) is 44.6 Å². The summed E-state index contributed by atoms with van der Waals surface area (Å²) in [7, 11) is 0. The van der Waals surface area contributed by atoms with Crippen molar-refractivity contribution in [2.24, 2.45) is 0 Å². The molecule has 0 spiro atoms. The molecule has 2 aromatic heterocycles. The van der Waals surface area contributed by atoms with E-state index in [1.807, 2.05) is 12.1 Å². The molecule has 0 bridgehead atoms. The first-order valence-corrected chi connectivity index (χ1v) is 8.71. The Morgan fingerprint density at radius 2 is 2.25 bits per heavy atom. The van der Waals surface area contributed by atoms with Crippen LogP contribution in [0.2, 0.25) is 0 Å². The maximum absolute atomic E-state index is 5.53. The largest absolute Gasteiger partial charge is 0.339 e. The molecule has 2 unspecified atom stereocenters. The number of rotatable bonds is 4. The Morgan fingerprint density at radius 1 is 1.40 bits per heavy atom. The molecule has 1 saturated carbocycles. The molecule has 0 aromatic carbocycles. The summed E-state index contributed by atoms with van der Waals surface area (Å²) in [6, 6.07) is 4.50. The molecular weight excluding hydrogens is 338 g/mol. The second-order valence-corrected chi connectivity index (χ2v) is 7.58. The normalized spacial score (nSPS) is 23.1. The van der Waals surface area contributed by atoms with Crippen LogP contribution in [0.5, 0.6) is 0 Å². The van der Waals surface area contributed by atoms with Crippen molar-refractivity contribution >= 4 is 27.3 Å². The van der Waals surface area contributed by atoms with Gasteiger partial charge in [0.2, 0.25) is 11.7 Å². The first-order chi connectivity index (χ1) is 9.78. The molecule has 0 aliphatic heterocycles. The van der Waals surface area contributed by atoms with E-state index in [1.54, 1.807) is 11.3 Å². The van der Waals surface area contributed by atoms with Gasteiger partial charge < -0.3 is 9.84 Å². The Balaban J connectivity index is 1.81. The van der Waals surface area contributed by atoms with Crippen molar-refractivity contribution in [3.05, 3.63) is 21.8 Å². The number of thiophene rings is 1. The van der Waals surface area contributed by atoms with Crippen molar-refractivity contribution in [3.8, 4) is 10.7 Å². The van der Waals surface area contributed by atoms with Crippen LogP contribution in [0, 0.1) is 0 Å². The maximum Gasteiger partial charge on any atom is 0.231 e. The Kier molecular flexibility index (Phi) is 4.53. The third kappa shape index (κ3) is 2.97. The molecule has 1 N–H and O–H groups in total. The Hall–Kier alpha value is -0.720. The van der Waals surface area contributed by atoms with Gasteiger partial charge in [0.05, 0.1) is 14.6 Å². The fraction of sp³-hybridized carbons (Fsp3) is 0.571. The molecule has 1 aliphatic rings. The molecule has 108 valence electrons. The van der Waals surface area contributed by atoms with Crippen LogP contribution in [-0.4, -0.2) is 22.7 Å². The fourth-order valence-corrected chi connectivity index (χ4v) is 4.17. The molecule has 0 amide bonds. The van der Waals surface area contributed by atoms with Crippen LogP contribution in [0.15, 0.2) is 20.4 Å². The predicted molar refractivity (Wildman–Crippen MR) is 84.0 cm³/mol. The van der Waals surface area contributed by atoms with Crippen molar-refractivity contribution in [2.75, 3.05) is 6.54 Å². The summed E-state index contributed by atoms with van der Waals surface area (Å²) in [4.78, 5) is 5.67. The van der Waals surface area contributed by atoms with Gasteiger partial charge in [-0.2, -0.15) is 4.98 Å². The van der Waals surface area contributed by atoms with Crippen LogP contribution in [0.1, 0.15) is 44.4 Å². The zero-order chi connectivity index (χ0) is 13.9. The number of aromatic nitrogens is 2. The fourth-order valence-electron chi connectivity index (χ4n) is 2.85. The van der Waals surface area contributed by atoms with E-state index >= 15 is 0 Å². The molecule has 0 saturated heterocycles. The van der Waals surface area contributed by atoms with Gasteiger partial charge in [0, 0.05) is 6.04 Å². The minimum atomic E-state index is 0.355. The molecule has 4 nitrogen and oxygen atoms in total. The standard InChI is InChI=1S/C14H18BrN3OS/c1-2-16-10-6-4-3-5-9(10)14-17-13(18-19-14)11-7-8-12(15)20-11/h7-10,16H,2-6H2,1H3. The number of likely N-dealkylation sites (N-methyl/N-ethyl adjacent to an activating group) is 1. The van der Waals surface area contributed by atoms with Crippen molar-refractivity contribution < 1.29 is 4.52 Å². The second kappa shape index (κ2) is 6.37. The Labute approximate surface area is 131 Å². The van der Waals surface area contributed by atoms with Gasteiger partial charge in [-0.15, -0.1) is 11.3 Å². The summed E-state index contributed by atoms with van der Waals surface area (Å²) in [5, 5.41) is 7.70. The van der Waals surface area contributed by atoms with Crippen LogP contribution in [0.4, 0.5) is 0 Å². The smallest absolute Gasteiger partial charge is 0.231 e. The SMILES string of the molecule is CCNC1CCCCC1c1nc(-c2ccc(Br)s2)no1. The Bertz CT molecular complexity index is 566. The summed E-state index contributed by atoms with van der Waals surface area (Å²) in [5.41, 5.74) is 0. The van der Waals surface area contributed by atoms with E-state index in [0.717, 1.165) is 27.5 Å². The molecule has 2 aromatic rings. The zero-order valence-electron chi connectivity index (χ0n) is 11.4. The van der Waals surface area contributed by atoms with Crippen molar-refractivity contribution in [3.63, 3.8) is 0 Å². The highest BCUT2D eigenvalue weighted by molar-refractivity contribution is 9.11. The molecule has 2 heterocycles. The third-order valence-electron chi connectivity index (χ3n) is 3.78. The second-order valence-electron chi connectivity index (χ2n) is 5.12. The lowest BCUT2D eigenvalue weighted by atomic mass is 9.84. The van der Waals surface area contributed by atoms with E-state index in [0.29, 0.717) is 17.8 Å². The average Bonchev–Trinajstić information content (AvgIpc) is 3.08. The summed E-state index contributed by atoms with van der Waals surface area (Å²) < 4.78 is 6.62. The van der Waals surface area contributed by atoms with Crippen molar-refractivity contribution in [1.82, 2.24) is 15.5 Å². The van der Waals surface area contributed by atoms with Crippen LogP contribution in [0.3, 0.4) is 0 Å². The van der Waals surface area contributed by atoms with Gasteiger partial charge >= 0.3 is 0 Å². The van der Waals surface area contributed by atoms with Gasteiger partial charge in [-0.25, -0.2) is 0 Å². The first kappa shape index (κ1) is 14.2. The minimum absolute atomic E-state index is 0.355. The van der Waals surface area contributed by atoms with Gasteiger partial charge in [-0.1, -0.05) is 24.9 Å². The third-order valence-corrected chi connectivity index (χ3v) is 5.40. The molecule has 0 radical (unpaired) electrons. The first-order valence-electron chi connectivity index (χ1n) is 7.10. The van der Waals surface area contributed by atoms with Crippen LogP contribution < -0.4 is 5.32 Å². The average molecular weight is 356 g/mol. The summed E-state index contributed by atoms with van der Waals surface area (Å²) in [5.74, 6) is 1.85. The minimum Gasteiger partial charge on any atom is -0.339 e. The van der Waals surface area contributed by atoms with Gasteiger partial charge in [0.15, 0.2) is 0 Å². The van der Waals surface area contributed by atoms with Crippen molar-refractivity contribution in [1.29, 1.82) is 0 Å². The van der Waals surface area contributed by atoms with Gasteiger partial charge in [0.25, 0.3) is 0 Å². The molecule has 2 atom stereocenters. The number of hydrogen-bond acceptors (Lipinski definition) is 5. The Morgan fingerprint density at radius 3 is 3.00 bits per heavy atom. The van der Waals surface area contributed by atoms with Gasteiger partial charge in [-0.3, -0.25) is 0 Å². The number of hydrogen-bond donors (Lipinski definition) is 1. The molecule has 20 heavy (non-hydrogen) atoms. The topological polar surface area (TPSA) is 51.0 Å². The highest BCUT2D eigenvalue weighted by Gasteiger charge is 2.30. The maximum atomic E-state index is 5.53. The van der Waals surface area contributed by atoms with E-state index in [2.05, 4.69) is 38.3 Å². The van der Waals surface area contributed by atoms with E-state index in [1.165, 1.54) is 19.3 Å². The summed E-state index contributed by atoms with van der Waals surface area (Å²) >= 11 is 5.09. The molecule has 1 fully saturated rings. The van der Waals surface area contributed by atoms with Gasteiger partial charge in [-0.05, 0) is 47.4 Å². The molecule has 1 aliphatic carbocycles. The zero-order valence-corrected chi connectivity index (χ0v) is 13.8. The monoisotopic (exact) mass is 355 g/mol. The van der Waals surface area contributed by atoms with E-state index in [4.69, 9.17) is 4.52 Å². The number of nitrogens with zero attached hydrogens (tertiary/aromatic N) is 2. The van der Waals surface area contributed by atoms with Crippen LogP contribution >= 0.6 is 27.3 Å². The quantitative estimate of drug-likeness (QED) is 0.892.